The molecule has 0 N–H and O–H groups in total. The fraction of sp³-hybridized carbons (Fsp3) is 1.00. The van der Waals surface area contributed by atoms with Crippen LogP contribution in [0.25, 0.3) is 0 Å². The minimum absolute atomic E-state index is 1.08. The molecule has 15 heavy (non-hydrogen) atoms. The monoisotopic (exact) mass is 318 g/mol. The summed E-state index contributed by atoms with van der Waals surface area (Å²) >= 11 is -1.08. The molecule has 1 saturated carbocycles. The Labute approximate surface area is 104 Å². The van der Waals surface area contributed by atoms with E-state index >= 15 is 0 Å². The van der Waals surface area contributed by atoms with Crippen LogP contribution in [-0.2, 0) is 0 Å². The molecule has 0 heterocycles. The fourth-order valence-electron chi connectivity index (χ4n) is 3.15. The fourth-order valence-corrected chi connectivity index (χ4v) is 16.0. The van der Waals surface area contributed by atoms with Crippen molar-refractivity contribution >= 4 is 19.8 Å². The van der Waals surface area contributed by atoms with Crippen LogP contribution in [0.2, 0.25) is 12.8 Å². The third kappa shape index (κ3) is 5.60. The van der Waals surface area contributed by atoms with Gasteiger partial charge in [-0.3, -0.25) is 0 Å². The van der Waals surface area contributed by atoms with Gasteiger partial charge in [0.1, 0.15) is 0 Å². The third-order valence-corrected chi connectivity index (χ3v) is 16.4. The van der Waals surface area contributed by atoms with Crippen molar-refractivity contribution in [1.29, 1.82) is 0 Å². The molecule has 90 valence electrons. The molecule has 0 aromatic heterocycles. The molecule has 1 aliphatic carbocycles. The van der Waals surface area contributed by atoms with E-state index in [2.05, 4.69) is 13.8 Å². The zero-order valence-electron chi connectivity index (χ0n) is 10.9. The van der Waals surface area contributed by atoms with Crippen LogP contribution in [0.4, 0.5) is 0 Å². The van der Waals surface area contributed by atoms with Crippen LogP contribution in [0.5, 0.6) is 0 Å². The summed E-state index contributed by atoms with van der Waals surface area (Å²) in [4.78, 5) is 0. The topological polar surface area (TPSA) is 0 Å². The second-order valence-corrected chi connectivity index (χ2v) is 15.8. The maximum absolute atomic E-state index is 2.36. The Morgan fingerprint density at radius 1 is 0.867 bits per heavy atom. The van der Waals surface area contributed by atoms with Gasteiger partial charge in [0.05, 0.1) is 0 Å². The molecular formula is C14H30Sn. The molecule has 1 fully saturated rings. The van der Waals surface area contributed by atoms with Crippen molar-refractivity contribution in [2.75, 3.05) is 0 Å². The van der Waals surface area contributed by atoms with Crippen molar-refractivity contribution < 1.29 is 0 Å². The summed E-state index contributed by atoms with van der Waals surface area (Å²) in [5.41, 5.74) is 0. The van der Waals surface area contributed by atoms with Crippen molar-refractivity contribution in [3.8, 4) is 0 Å². The Morgan fingerprint density at radius 2 is 1.40 bits per heavy atom. The average Bonchev–Trinajstić information content (AvgIpc) is 2.30. The van der Waals surface area contributed by atoms with Gasteiger partial charge in [-0.05, 0) is 0 Å². The molecular weight excluding hydrogens is 287 g/mol. The van der Waals surface area contributed by atoms with Crippen LogP contribution in [0.1, 0.15) is 71.6 Å². The van der Waals surface area contributed by atoms with Gasteiger partial charge in [0.2, 0.25) is 0 Å². The number of unbranched alkanes of at least 4 members (excludes halogenated alkanes) is 2. The predicted octanol–water partition coefficient (Wildman–Crippen LogP) is 5.15. The van der Waals surface area contributed by atoms with Gasteiger partial charge in [-0.2, -0.15) is 0 Å². The van der Waals surface area contributed by atoms with E-state index in [9.17, 15) is 0 Å². The SMILES string of the molecule is CCC[CH2][SnH]([CH2]CCC)[CH]1CCCCC1. The molecule has 0 radical (unpaired) electrons. The van der Waals surface area contributed by atoms with Gasteiger partial charge in [0, 0.05) is 0 Å². The van der Waals surface area contributed by atoms with E-state index in [0.717, 1.165) is 0 Å². The molecule has 0 atom stereocenters. The first kappa shape index (κ1) is 13.9. The van der Waals surface area contributed by atoms with Crippen LogP contribution >= 0.6 is 0 Å². The van der Waals surface area contributed by atoms with E-state index in [-0.39, 0.29) is 0 Å². The molecule has 1 aliphatic rings. The van der Waals surface area contributed by atoms with Gasteiger partial charge in [-0.15, -0.1) is 0 Å². The predicted molar refractivity (Wildman–Crippen MR) is 73.4 cm³/mol. The van der Waals surface area contributed by atoms with Crippen molar-refractivity contribution in [1.82, 2.24) is 0 Å². The number of rotatable bonds is 7. The van der Waals surface area contributed by atoms with Crippen molar-refractivity contribution in [3.05, 3.63) is 0 Å². The summed E-state index contributed by atoms with van der Waals surface area (Å²) in [6.45, 7) is 4.73. The Balaban J connectivity index is 2.30. The molecule has 1 heteroatoms. The van der Waals surface area contributed by atoms with Crippen molar-refractivity contribution in [2.24, 2.45) is 0 Å². The van der Waals surface area contributed by atoms with Gasteiger partial charge in [0.15, 0.2) is 0 Å². The molecule has 0 unspecified atom stereocenters. The van der Waals surface area contributed by atoms with E-state index in [0.29, 0.717) is 0 Å². The van der Waals surface area contributed by atoms with E-state index < -0.39 is 19.8 Å². The van der Waals surface area contributed by atoms with Gasteiger partial charge in [0.25, 0.3) is 0 Å². The Bertz CT molecular complexity index is 130. The summed E-state index contributed by atoms with van der Waals surface area (Å²) in [6, 6.07) is 0. The second kappa shape index (κ2) is 8.89. The average molecular weight is 317 g/mol. The Morgan fingerprint density at radius 3 is 1.87 bits per heavy atom. The quantitative estimate of drug-likeness (QED) is 0.570. The van der Waals surface area contributed by atoms with Gasteiger partial charge in [-0.25, -0.2) is 0 Å². The first-order valence-electron chi connectivity index (χ1n) is 7.38. The van der Waals surface area contributed by atoms with Crippen molar-refractivity contribution in [2.45, 2.75) is 84.4 Å². The molecule has 0 aromatic rings. The molecule has 0 aliphatic heterocycles. The summed E-state index contributed by atoms with van der Waals surface area (Å²) in [5.74, 6) is 0. The van der Waals surface area contributed by atoms with E-state index in [4.69, 9.17) is 0 Å². The van der Waals surface area contributed by atoms with Gasteiger partial charge < -0.3 is 0 Å². The molecule has 0 spiro atoms. The molecule has 0 aromatic carbocycles. The first-order valence-corrected chi connectivity index (χ1v) is 13.9. The summed E-state index contributed by atoms with van der Waals surface area (Å²) in [7, 11) is 0. The standard InChI is InChI=1S/C6H11.2C4H9.Sn.H/c1-2-4-6-5-3-1;2*1-3-4-2;;/h1H,2-6H2;2*1,3-4H2,2H3;;. The normalized spacial score (nSPS) is 18.6. The van der Waals surface area contributed by atoms with Crippen LogP contribution in [0, 0.1) is 0 Å². The summed E-state index contributed by atoms with van der Waals surface area (Å²) < 4.78 is 4.75. The van der Waals surface area contributed by atoms with Crippen molar-refractivity contribution in [3.63, 3.8) is 0 Å². The van der Waals surface area contributed by atoms with Crippen LogP contribution in [0.3, 0.4) is 0 Å². The minimum atomic E-state index is -1.08. The van der Waals surface area contributed by atoms with Crippen LogP contribution < -0.4 is 0 Å². The Hall–Kier alpha value is 0.799. The van der Waals surface area contributed by atoms with E-state index in [1.165, 1.54) is 23.2 Å². The van der Waals surface area contributed by atoms with Gasteiger partial charge >= 0.3 is 104 Å². The maximum atomic E-state index is 2.36. The summed E-state index contributed by atoms with van der Waals surface area (Å²) in [5, 5.41) is 0. The van der Waals surface area contributed by atoms with E-state index in [1.54, 1.807) is 47.4 Å². The molecule has 0 saturated heterocycles. The summed E-state index contributed by atoms with van der Waals surface area (Å²) in [6.07, 6.45) is 13.9. The molecule has 1 rings (SSSR count). The number of hydrogen-bond acceptors (Lipinski definition) is 0. The van der Waals surface area contributed by atoms with Gasteiger partial charge in [-0.1, -0.05) is 0 Å². The second-order valence-electron chi connectivity index (χ2n) is 5.44. The number of hydrogen-bond donors (Lipinski definition) is 0. The zero-order chi connectivity index (χ0) is 10.9. The molecule has 0 bridgehead atoms. The van der Waals surface area contributed by atoms with Crippen LogP contribution in [0.15, 0.2) is 0 Å². The molecule has 0 amide bonds. The van der Waals surface area contributed by atoms with Crippen LogP contribution in [-0.4, -0.2) is 19.8 Å². The Kier molecular flexibility index (Phi) is 8.22. The van der Waals surface area contributed by atoms with E-state index in [1.807, 2.05) is 0 Å². The zero-order valence-corrected chi connectivity index (χ0v) is 14.2. The first-order chi connectivity index (χ1) is 7.38. The molecule has 0 nitrogen and oxygen atoms in total. The third-order valence-electron chi connectivity index (χ3n) is 4.17.